The molecule has 4 heteroatoms. The van der Waals surface area contributed by atoms with Gasteiger partial charge in [0.15, 0.2) is 0 Å². The van der Waals surface area contributed by atoms with Gasteiger partial charge in [0.25, 0.3) is 0 Å². The molecule has 0 radical (unpaired) electrons. The van der Waals surface area contributed by atoms with E-state index in [-0.39, 0.29) is 0 Å². The molecule has 0 amide bonds. The van der Waals surface area contributed by atoms with Crippen molar-refractivity contribution in [2.75, 3.05) is 0 Å². The van der Waals surface area contributed by atoms with Crippen LogP contribution in [0.2, 0.25) is 0 Å². The third-order valence-corrected chi connectivity index (χ3v) is 4.73. The molecule has 1 fully saturated rings. The molecule has 1 N–H and O–H groups in total. The minimum absolute atomic E-state index is 0.780. The zero-order valence-electron chi connectivity index (χ0n) is 11.9. The number of aromatic nitrogens is 2. The van der Waals surface area contributed by atoms with E-state index in [1.165, 1.54) is 33.9 Å². The molecule has 3 rings (SSSR count). The standard InChI is InChI=1S/C15H21N3S/c1-10-6-11(2)18(17-10)9-13-7-15(19-12(13)3)8-16-14-4-5-14/h6-7,14,16H,4-5,8-9H2,1-3H3. The number of hydrogen-bond donors (Lipinski definition) is 1. The first-order valence-corrected chi connectivity index (χ1v) is 7.76. The largest absolute Gasteiger partial charge is 0.309 e. The Morgan fingerprint density at radius 2 is 2.11 bits per heavy atom. The van der Waals surface area contributed by atoms with Gasteiger partial charge >= 0.3 is 0 Å². The van der Waals surface area contributed by atoms with Gasteiger partial charge in [0.05, 0.1) is 12.2 Å². The van der Waals surface area contributed by atoms with Crippen LogP contribution in [0.4, 0.5) is 0 Å². The summed E-state index contributed by atoms with van der Waals surface area (Å²) in [6, 6.07) is 5.25. The second kappa shape index (κ2) is 5.10. The topological polar surface area (TPSA) is 29.9 Å². The van der Waals surface area contributed by atoms with Crippen LogP contribution in [-0.2, 0) is 13.1 Å². The summed E-state index contributed by atoms with van der Waals surface area (Å²) in [6.07, 6.45) is 2.70. The van der Waals surface area contributed by atoms with Gasteiger partial charge in [-0.25, -0.2) is 0 Å². The van der Waals surface area contributed by atoms with Crippen molar-refractivity contribution < 1.29 is 0 Å². The summed E-state index contributed by atoms with van der Waals surface area (Å²) in [6.45, 7) is 8.30. The van der Waals surface area contributed by atoms with Crippen molar-refractivity contribution in [3.63, 3.8) is 0 Å². The summed E-state index contributed by atoms with van der Waals surface area (Å²) in [5, 5.41) is 8.13. The van der Waals surface area contributed by atoms with Crippen molar-refractivity contribution in [3.8, 4) is 0 Å². The first kappa shape index (κ1) is 12.9. The summed E-state index contributed by atoms with van der Waals surface area (Å²) >= 11 is 1.91. The first-order chi connectivity index (χ1) is 9.11. The van der Waals surface area contributed by atoms with Crippen molar-refractivity contribution in [3.05, 3.63) is 38.8 Å². The smallest absolute Gasteiger partial charge is 0.0673 e. The van der Waals surface area contributed by atoms with Crippen LogP contribution in [0.3, 0.4) is 0 Å². The molecule has 1 aliphatic rings. The lowest BCUT2D eigenvalue weighted by molar-refractivity contribution is 0.657. The highest BCUT2D eigenvalue weighted by Gasteiger charge is 2.20. The first-order valence-electron chi connectivity index (χ1n) is 6.94. The molecule has 0 spiro atoms. The number of thiophene rings is 1. The van der Waals surface area contributed by atoms with E-state index in [0.29, 0.717) is 0 Å². The van der Waals surface area contributed by atoms with Gasteiger partial charge in [-0.1, -0.05) is 0 Å². The highest BCUT2D eigenvalue weighted by Crippen LogP contribution is 2.25. The van der Waals surface area contributed by atoms with Gasteiger partial charge in [-0.2, -0.15) is 5.10 Å². The van der Waals surface area contributed by atoms with Crippen molar-refractivity contribution in [1.82, 2.24) is 15.1 Å². The third-order valence-electron chi connectivity index (χ3n) is 3.64. The highest BCUT2D eigenvalue weighted by molar-refractivity contribution is 7.12. The maximum Gasteiger partial charge on any atom is 0.0673 e. The Morgan fingerprint density at radius 3 is 2.74 bits per heavy atom. The van der Waals surface area contributed by atoms with Crippen LogP contribution >= 0.6 is 11.3 Å². The molecule has 19 heavy (non-hydrogen) atoms. The van der Waals surface area contributed by atoms with Crippen LogP contribution in [0.5, 0.6) is 0 Å². The Balaban J connectivity index is 1.71. The van der Waals surface area contributed by atoms with E-state index in [0.717, 1.165) is 24.8 Å². The number of nitrogens with zero attached hydrogens (tertiary/aromatic N) is 2. The van der Waals surface area contributed by atoms with E-state index < -0.39 is 0 Å². The Kier molecular flexibility index (Phi) is 3.46. The predicted octanol–water partition coefficient (Wildman–Crippen LogP) is 3.17. The van der Waals surface area contributed by atoms with Crippen LogP contribution in [0.1, 0.15) is 39.5 Å². The van der Waals surface area contributed by atoms with Gasteiger partial charge in [-0.15, -0.1) is 11.3 Å². The van der Waals surface area contributed by atoms with E-state index in [4.69, 9.17) is 0 Å². The van der Waals surface area contributed by atoms with Crippen LogP contribution < -0.4 is 5.32 Å². The van der Waals surface area contributed by atoms with E-state index >= 15 is 0 Å². The SMILES string of the molecule is Cc1cc(C)n(Cc2cc(CNC3CC3)sc2C)n1. The minimum atomic E-state index is 0.780. The van der Waals surface area contributed by atoms with Crippen molar-refractivity contribution >= 4 is 11.3 Å². The number of hydrogen-bond acceptors (Lipinski definition) is 3. The zero-order chi connectivity index (χ0) is 13.4. The molecule has 1 saturated carbocycles. The summed E-state index contributed by atoms with van der Waals surface area (Å²) in [5.41, 5.74) is 3.74. The van der Waals surface area contributed by atoms with E-state index in [1.54, 1.807) is 0 Å². The number of nitrogens with one attached hydrogen (secondary N) is 1. The molecular weight excluding hydrogens is 254 g/mol. The molecule has 0 bridgehead atoms. The fraction of sp³-hybridized carbons (Fsp3) is 0.533. The Hall–Kier alpha value is -1.13. The molecule has 2 aromatic rings. The summed E-state index contributed by atoms with van der Waals surface area (Å²) in [7, 11) is 0. The normalized spacial score (nSPS) is 15.1. The molecule has 102 valence electrons. The second-order valence-corrected chi connectivity index (χ2v) is 6.87. The average Bonchev–Trinajstić information content (AvgIpc) is 3.04. The third kappa shape index (κ3) is 3.07. The molecule has 0 atom stereocenters. The van der Waals surface area contributed by atoms with Gasteiger partial charge in [-0.05, 0) is 51.3 Å². The molecule has 0 saturated heterocycles. The second-order valence-electron chi connectivity index (χ2n) is 5.53. The van der Waals surface area contributed by atoms with Crippen LogP contribution in [0.15, 0.2) is 12.1 Å². The van der Waals surface area contributed by atoms with Crippen LogP contribution in [0, 0.1) is 20.8 Å². The number of aryl methyl sites for hydroxylation is 3. The van der Waals surface area contributed by atoms with Gasteiger partial charge < -0.3 is 5.32 Å². The minimum Gasteiger partial charge on any atom is -0.309 e. The molecule has 2 aromatic heterocycles. The van der Waals surface area contributed by atoms with Gasteiger partial charge in [0.2, 0.25) is 0 Å². The molecule has 0 aliphatic heterocycles. The summed E-state index contributed by atoms with van der Waals surface area (Å²) in [4.78, 5) is 2.86. The quantitative estimate of drug-likeness (QED) is 0.908. The zero-order valence-corrected chi connectivity index (χ0v) is 12.7. The van der Waals surface area contributed by atoms with Crippen LogP contribution in [0.25, 0.3) is 0 Å². The molecule has 2 heterocycles. The summed E-state index contributed by atoms with van der Waals surface area (Å²) in [5.74, 6) is 0. The lowest BCUT2D eigenvalue weighted by Gasteiger charge is -2.03. The van der Waals surface area contributed by atoms with Crippen LogP contribution in [-0.4, -0.2) is 15.8 Å². The monoisotopic (exact) mass is 275 g/mol. The molecule has 0 aromatic carbocycles. The maximum absolute atomic E-state index is 4.55. The van der Waals surface area contributed by atoms with E-state index in [9.17, 15) is 0 Å². The Bertz CT molecular complexity index is 578. The van der Waals surface area contributed by atoms with Gasteiger partial charge in [0, 0.05) is 28.0 Å². The Labute approximate surface area is 118 Å². The average molecular weight is 275 g/mol. The lowest BCUT2D eigenvalue weighted by atomic mass is 10.2. The number of rotatable bonds is 5. The van der Waals surface area contributed by atoms with Crippen molar-refractivity contribution in [2.45, 2.75) is 52.7 Å². The van der Waals surface area contributed by atoms with E-state index in [2.05, 4.69) is 48.0 Å². The highest BCUT2D eigenvalue weighted by atomic mass is 32.1. The lowest BCUT2D eigenvalue weighted by Crippen LogP contribution is -2.14. The summed E-state index contributed by atoms with van der Waals surface area (Å²) < 4.78 is 2.10. The fourth-order valence-corrected chi connectivity index (χ4v) is 3.36. The van der Waals surface area contributed by atoms with Gasteiger partial charge in [-0.3, -0.25) is 4.68 Å². The maximum atomic E-state index is 4.55. The van der Waals surface area contributed by atoms with Crippen molar-refractivity contribution in [1.29, 1.82) is 0 Å². The molecule has 1 aliphatic carbocycles. The molecule has 3 nitrogen and oxygen atoms in total. The predicted molar refractivity (Wildman–Crippen MR) is 79.7 cm³/mol. The van der Waals surface area contributed by atoms with Crippen molar-refractivity contribution in [2.24, 2.45) is 0 Å². The Morgan fingerprint density at radius 1 is 1.32 bits per heavy atom. The fourth-order valence-electron chi connectivity index (χ4n) is 2.36. The molecule has 0 unspecified atom stereocenters. The van der Waals surface area contributed by atoms with Gasteiger partial charge in [0.1, 0.15) is 0 Å². The van der Waals surface area contributed by atoms with E-state index in [1.807, 2.05) is 11.3 Å². The molecular formula is C15H21N3S.